The van der Waals surface area contributed by atoms with Crippen LogP contribution in [0.25, 0.3) is 55.8 Å². The molecule has 1 saturated heterocycles. The summed E-state index contributed by atoms with van der Waals surface area (Å²) in [4.78, 5) is 19.3. The Morgan fingerprint density at radius 3 is 2.59 bits per heavy atom. The third kappa shape index (κ3) is 5.68. The van der Waals surface area contributed by atoms with E-state index in [4.69, 9.17) is 4.98 Å². The zero-order valence-electron chi connectivity index (χ0n) is 23.7. The van der Waals surface area contributed by atoms with Crippen molar-refractivity contribution in [1.29, 1.82) is 0 Å². The minimum Gasteiger partial charge on any atom is -0.336 e. The van der Waals surface area contributed by atoms with Gasteiger partial charge in [-0.2, -0.15) is 5.10 Å². The van der Waals surface area contributed by atoms with E-state index < -0.39 is 21.7 Å². The molecular formula is C31H28F2N8O2S. The SMILES string of the molecule is CS(=O)(=O)NCc1cc(F)cc(-c2nccc3[nH]c(-c4n[nH]c5cc(F)c(-c6cncc(CN7CCCC7)c6)cc45)nc23)c1. The van der Waals surface area contributed by atoms with Gasteiger partial charge in [-0.25, -0.2) is 26.9 Å². The van der Waals surface area contributed by atoms with Crippen LogP contribution in [0.5, 0.6) is 0 Å². The van der Waals surface area contributed by atoms with Crippen molar-refractivity contribution in [3.63, 3.8) is 0 Å². The number of hydrogen-bond acceptors (Lipinski definition) is 7. The summed E-state index contributed by atoms with van der Waals surface area (Å²) >= 11 is 0. The van der Waals surface area contributed by atoms with Gasteiger partial charge >= 0.3 is 0 Å². The van der Waals surface area contributed by atoms with Crippen LogP contribution in [0.4, 0.5) is 8.78 Å². The van der Waals surface area contributed by atoms with E-state index in [2.05, 4.69) is 34.8 Å². The lowest BCUT2D eigenvalue weighted by molar-refractivity contribution is 0.331. The Bertz CT molecular complexity index is 2140. The van der Waals surface area contributed by atoms with Gasteiger partial charge in [-0.1, -0.05) is 0 Å². The molecule has 2 aromatic carbocycles. The minimum absolute atomic E-state index is 0.0692. The molecule has 224 valence electrons. The zero-order valence-corrected chi connectivity index (χ0v) is 24.5. The maximum atomic E-state index is 15.4. The Morgan fingerprint density at radius 2 is 1.77 bits per heavy atom. The largest absolute Gasteiger partial charge is 0.336 e. The number of H-pyrrole nitrogens is 2. The van der Waals surface area contributed by atoms with Crippen LogP contribution in [-0.4, -0.2) is 62.8 Å². The van der Waals surface area contributed by atoms with E-state index in [0.29, 0.717) is 61.4 Å². The molecule has 7 rings (SSSR count). The molecule has 44 heavy (non-hydrogen) atoms. The monoisotopic (exact) mass is 614 g/mol. The van der Waals surface area contributed by atoms with Crippen molar-refractivity contribution in [3.05, 3.63) is 83.8 Å². The molecule has 0 radical (unpaired) electrons. The maximum Gasteiger partial charge on any atom is 0.209 e. The van der Waals surface area contributed by atoms with Crippen molar-refractivity contribution in [2.45, 2.75) is 25.9 Å². The summed E-state index contributed by atoms with van der Waals surface area (Å²) in [5, 5.41) is 8.02. The number of benzene rings is 2. The molecule has 4 aromatic heterocycles. The van der Waals surface area contributed by atoms with E-state index in [1.165, 1.54) is 31.0 Å². The Balaban J connectivity index is 1.26. The van der Waals surface area contributed by atoms with Gasteiger partial charge in [-0.05, 0) is 73.5 Å². The Labute approximate surface area is 251 Å². The number of nitrogens with zero attached hydrogens (tertiary/aromatic N) is 5. The molecule has 5 heterocycles. The summed E-state index contributed by atoms with van der Waals surface area (Å²) in [6.45, 7) is 2.81. The van der Waals surface area contributed by atoms with Gasteiger partial charge < -0.3 is 4.98 Å². The van der Waals surface area contributed by atoms with Gasteiger partial charge in [0.2, 0.25) is 10.0 Å². The maximum absolute atomic E-state index is 15.4. The fourth-order valence-corrected chi connectivity index (χ4v) is 6.15. The van der Waals surface area contributed by atoms with Gasteiger partial charge in [-0.15, -0.1) is 0 Å². The first-order valence-electron chi connectivity index (χ1n) is 14.1. The predicted octanol–water partition coefficient (Wildman–Crippen LogP) is 5.15. The molecule has 0 bridgehead atoms. The molecular weight excluding hydrogens is 586 g/mol. The second-order valence-corrected chi connectivity index (χ2v) is 12.9. The van der Waals surface area contributed by atoms with Gasteiger partial charge in [-0.3, -0.25) is 20.0 Å². The molecule has 0 saturated carbocycles. The fourth-order valence-electron chi connectivity index (χ4n) is 5.72. The van der Waals surface area contributed by atoms with Gasteiger partial charge in [0.1, 0.15) is 22.8 Å². The number of fused-ring (bicyclic) bond motifs is 2. The van der Waals surface area contributed by atoms with Crippen LogP contribution in [0, 0.1) is 11.6 Å². The molecule has 0 spiro atoms. The van der Waals surface area contributed by atoms with Crippen LogP contribution in [0.2, 0.25) is 0 Å². The minimum atomic E-state index is -3.46. The van der Waals surface area contributed by atoms with E-state index in [0.717, 1.165) is 31.5 Å². The van der Waals surface area contributed by atoms with Crippen molar-refractivity contribution in [3.8, 4) is 33.9 Å². The molecule has 0 atom stereocenters. The summed E-state index contributed by atoms with van der Waals surface area (Å²) in [5.74, 6) is -0.500. The van der Waals surface area contributed by atoms with Crippen LogP contribution in [-0.2, 0) is 23.1 Å². The average Bonchev–Trinajstić information content (AvgIpc) is 3.75. The number of halogens is 2. The second-order valence-electron chi connectivity index (χ2n) is 11.1. The first-order chi connectivity index (χ1) is 21.2. The Hall–Kier alpha value is -4.59. The highest BCUT2D eigenvalue weighted by atomic mass is 32.2. The lowest BCUT2D eigenvalue weighted by Crippen LogP contribution is -2.21. The van der Waals surface area contributed by atoms with Crippen molar-refractivity contribution in [2.75, 3.05) is 19.3 Å². The van der Waals surface area contributed by atoms with Crippen LogP contribution in [0.15, 0.2) is 61.1 Å². The quantitative estimate of drug-likeness (QED) is 0.216. The van der Waals surface area contributed by atoms with E-state index in [9.17, 15) is 12.8 Å². The van der Waals surface area contributed by atoms with Crippen molar-refractivity contribution >= 4 is 32.0 Å². The lowest BCUT2D eigenvalue weighted by atomic mass is 10.0. The van der Waals surface area contributed by atoms with Crippen molar-refractivity contribution < 1.29 is 17.2 Å². The van der Waals surface area contributed by atoms with Gasteiger partial charge in [0, 0.05) is 59.8 Å². The molecule has 0 aliphatic carbocycles. The van der Waals surface area contributed by atoms with E-state index in [1.54, 1.807) is 30.6 Å². The molecule has 6 aromatic rings. The topological polar surface area (TPSA) is 133 Å². The predicted molar refractivity (Wildman–Crippen MR) is 164 cm³/mol. The van der Waals surface area contributed by atoms with Gasteiger partial charge in [0.25, 0.3) is 0 Å². The number of hydrogen-bond donors (Lipinski definition) is 3. The molecule has 0 amide bonds. The van der Waals surface area contributed by atoms with Crippen LogP contribution in [0.3, 0.4) is 0 Å². The summed E-state index contributed by atoms with van der Waals surface area (Å²) in [7, 11) is -3.46. The summed E-state index contributed by atoms with van der Waals surface area (Å²) in [6, 6.07) is 11.2. The molecule has 10 nitrogen and oxygen atoms in total. The number of aromatic nitrogens is 6. The highest BCUT2D eigenvalue weighted by molar-refractivity contribution is 7.88. The molecule has 1 aliphatic rings. The fraction of sp³-hybridized carbons (Fsp3) is 0.226. The summed E-state index contributed by atoms with van der Waals surface area (Å²) < 4.78 is 55.4. The van der Waals surface area contributed by atoms with Crippen molar-refractivity contribution in [2.24, 2.45) is 0 Å². The molecule has 3 N–H and O–H groups in total. The standard InChI is InChI=1S/C31H28F2N8O2S/c1-44(42,43)36-15-18-8-20(11-22(32)10-18)28-30-26(4-5-35-28)37-31(38-30)29-24-12-23(25(33)13-27(24)39-40-29)21-9-19(14-34-16-21)17-41-6-2-3-7-41/h4-5,8-14,16,36H,2-3,6-7,15,17H2,1H3,(H,37,38)(H,39,40). The van der Waals surface area contributed by atoms with Crippen molar-refractivity contribution in [1.82, 2.24) is 39.8 Å². The molecule has 1 fully saturated rings. The van der Waals surface area contributed by atoms with Crippen LogP contribution < -0.4 is 4.72 Å². The number of aromatic amines is 2. The average molecular weight is 615 g/mol. The third-order valence-corrected chi connectivity index (χ3v) is 8.42. The van der Waals surface area contributed by atoms with E-state index >= 15 is 4.39 Å². The normalized spacial score (nSPS) is 14.2. The number of rotatable bonds is 8. The number of sulfonamides is 1. The van der Waals surface area contributed by atoms with Gasteiger partial charge in [0.15, 0.2) is 5.82 Å². The first kappa shape index (κ1) is 28.2. The van der Waals surface area contributed by atoms with Crippen LogP contribution >= 0.6 is 0 Å². The number of likely N-dealkylation sites (tertiary alicyclic amines) is 1. The van der Waals surface area contributed by atoms with Crippen LogP contribution in [0.1, 0.15) is 24.0 Å². The van der Waals surface area contributed by atoms with E-state index in [1.807, 2.05) is 12.3 Å². The highest BCUT2D eigenvalue weighted by Crippen LogP contribution is 2.34. The first-order valence-corrected chi connectivity index (χ1v) is 16.0. The second kappa shape index (κ2) is 11.2. The molecule has 13 heteroatoms. The zero-order chi connectivity index (χ0) is 30.4. The lowest BCUT2D eigenvalue weighted by Gasteiger charge is -2.15. The number of imidazole rings is 1. The summed E-state index contributed by atoms with van der Waals surface area (Å²) in [5.41, 5.74) is 5.52. The third-order valence-electron chi connectivity index (χ3n) is 7.76. The highest BCUT2D eigenvalue weighted by Gasteiger charge is 2.20. The summed E-state index contributed by atoms with van der Waals surface area (Å²) in [6.07, 6.45) is 8.48. The number of pyridine rings is 2. The van der Waals surface area contributed by atoms with E-state index in [-0.39, 0.29) is 6.54 Å². The molecule has 0 unspecified atom stereocenters. The Morgan fingerprint density at radius 1 is 0.955 bits per heavy atom. The smallest absolute Gasteiger partial charge is 0.209 e. The number of nitrogens with one attached hydrogen (secondary N) is 3. The molecule has 1 aliphatic heterocycles. The van der Waals surface area contributed by atoms with Gasteiger partial charge in [0.05, 0.1) is 23.0 Å². The Kier molecular flexibility index (Phi) is 7.15.